The zero-order valence-electron chi connectivity index (χ0n) is 14.9. The second kappa shape index (κ2) is 8.07. The van der Waals surface area contributed by atoms with E-state index in [0.717, 1.165) is 25.3 Å². The van der Waals surface area contributed by atoms with Crippen LogP contribution in [0, 0.1) is 10.1 Å². The SMILES string of the molecule is C[C@H]1CCCCN1C(=O)COC(=O)/C=C/c1cc2c(cc1[N+](=O)[O-])OCO2. The highest BCUT2D eigenvalue weighted by atomic mass is 16.7. The molecule has 2 heterocycles. The Kier molecular flexibility index (Phi) is 5.58. The van der Waals surface area contributed by atoms with Gasteiger partial charge in [-0.3, -0.25) is 14.9 Å². The second-order valence-electron chi connectivity index (χ2n) is 6.39. The Balaban J connectivity index is 1.61. The topological polar surface area (TPSA) is 108 Å². The van der Waals surface area contributed by atoms with Crippen LogP contribution in [-0.4, -0.2) is 47.7 Å². The number of carbonyl (C=O) groups excluding carboxylic acids is 2. The van der Waals surface area contributed by atoms with E-state index in [1.165, 1.54) is 18.2 Å². The summed E-state index contributed by atoms with van der Waals surface area (Å²) in [5.41, 5.74) is -0.0429. The largest absolute Gasteiger partial charge is 0.454 e. The van der Waals surface area contributed by atoms with Crippen molar-refractivity contribution in [1.82, 2.24) is 4.90 Å². The van der Waals surface area contributed by atoms with Crippen LogP contribution in [0.2, 0.25) is 0 Å². The first-order valence-electron chi connectivity index (χ1n) is 8.68. The van der Waals surface area contributed by atoms with Crippen LogP contribution in [0.5, 0.6) is 11.5 Å². The first-order valence-corrected chi connectivity index (χ1v) is 8.68. The van der Waals surface area contributed by atoms with E-state index in [4.69, 9.17) is 14.2 Å². The van der Waals surface area contributed by atoms with E-state index < -0.39 is 10.9 Å². The molecule has 2 aliphatic rings. The third kappa shape index (κ3) is 4.36. The van der Waals surface area contributed by atoms with Crippen LogP contribution >= 0.6 is 0 Å². The molecule has 27 heavy (non-hydrogen) atoms. The van der Waals surface area contributed by atoms with Crippen LogP contribution < -0.4 is 9.47 Å². The predicted molar refractivity (Wildman–Crippen MR) is 94.2 cm³/mol. The van der Waals surface area contributed by atoms with Gasteiger partial charge in [0.1, 0.15) is 0 Å². The fourth-order valence-electron chi connectivity index (χ4n) is 3.13. The van der Waals surface area contributed by atoms with E-state index in [9.17, 15) is 19.7 Å². The molecule has 1 aromatic carbocycles. The predicted octanol–water partition coefficient (Wildman–Crippen LogP) is 2.28. The molecule has 0 radical (unpaired) electrons. The van der Waals surface area contributed by atoms with E-state index in [-0.39, 0.29) is 42.3 Å². The lowest BCUT2D eigenvalue weighted by Gasteiger charge is -2.33. The molecule has 144 valence electrons. The highest BCUT2D eigenvalue weighted by molar-refractivity contribution is 5.90. The minimum Gasteiger partial charge on any atom is -0.454 e. The third-order valence-electron chi connectivity index (χ3n) is 4.58. The van der Waals surface area contributed by atoms with Gasteiger partial charge in [0, 0.05) is 18.7 Å². The third-order valence-corrected chi connectivity index (χ3v) is 4.58. The highest BCUT2D eigenvalue weighted by Gasteiger charge is 2.24. The molecule has 3 rings (SSSR count). The van der Waals surface area contributed by atoms with Gasteiger partial charge in [0.25, 0.3) is 11.6 Å². The quantitative estimate of drug-likeness (QED) is 0.336. The molecule has 9 heteroatoms. The van der Waals surface area contributed by atoms with Gasteiger partial charge in [-0.25, -0.2) is 4.79 Å². The Hall–Kier alpha value is -3.10. The molecular formula is C18H20N2O7. The number of nitro benzene ring substituents is 1. The van der Waals surface area contributed by atoms with Crippen molar-refractivity contribution in [2.75, 3.05) is 19.9 Å². The van der Waals surface area contributed by atoms with Gasteiger partial charge in [0.2, 0.25) is 6.79 Å². The van der Waals surface area contributed by atoms with E-state index in [2.05, 4.69) is 0 Å². The van der Waals surface area contributed by atoms with Crippen molar-refractivity contribution in [3.8, 4) is 11.5 Å². The summed E-state index contributed by atoms with van der Waals surface area (Å²) >= 11 is 0. The van der Waals surface area contributed by atoms with Gasteiger partial charge in [-0.2, -0.15) is 0 Å². The summed E-state index contributed by atoms with van der Waals surface area (Å²) in [5.74, 6) is -0.344. The Morgan fingerprint density at radius 1 is 1.33 bits per heavy atom. The number of nitro groups is 1. The Labute approximate surface area is 155 Å². The minimum absolute atomic E-state index is 0.0151. The van der Waals surface area contributed by atoms with Gasteiger partial charge in [0.15, 0.2) is 18.1 Å². The molecule has 0 unspecified atom stereocenters. The fraction of sp³-hybridized carbons (Fsp3) is 0.444. The lowest BCUT2D eigenvalue weighted by molar-refractivity contribution is -0.385. The van der Waals surface area contributed by atoms with Gasteiger partial charge < -0.3 is 19.1 Å². The van der Waals surface area contributed by atoms with Crippen LogP contribution in [0.15, 0.2) is 18.2 Å². The lowest BCUT2D eigenvalue weighted by Crippen LogP contribution is -2.44. The number of hydrogen-bond acceptors (Lipinski definition) is 7. The van der Waals surface area contributed by atoms with Crippen LogP contribution in [-0.2, 0) is 14.3 Å². The zero-order chi connectivity index (χ0) is 19.4. The molecule has 0 aromatic heterocycles. The van der Waals surface area contributed by atoms with E-state index >= 15 is 0 Å². The van der Waals surface area contributed by atoms with Crippen molar-refractivity contribution in [3.05, 3.63) is 33.9 Å². The number of fused-ring (bicyclic) bond motifs is 1. The second-order valence-corrected chi connectivity index (χ2v) is 6.39. The average Bonchev–Trinajstić information content (AvgIpc) is 3.11. The molecule has 0 aliphatic carbocycles. The van der Waals surface area contributed by atoms with Crippen molar-refractivity contribution in [2.24, 2.45) is 0 Å². The molecular weight excluding hydrogens is 356 g/mol. The van der Waals surface area contributed by atoms with Crippen molar-refractivity contribution < 1.29 is 28.7 Å². The lowest BCUT2D eigenvalue weighted by atomic mass is 10.0. The van der Waals surface area contributed by atoms with Gasteiger partial charge in [-0.15, -0.1) is 0 Å². The maximum Gasteiger partial charge on any atom is 0.331 e. The number of piperidine rings is 1. The smallest absolute Gasteiger partial charge is 0.331 e. The number of likely N-dealkylation sites (tertiary alicyclic amines) is 1. The summed E-state index contributed by atoms with van der Waals surface area (Å²) < 4.78 is 15.3. The summed E-state index contributed by atoms with van der Waals surface area (Å²) in [4.78, 5) is 36.4. The number of hydrogen-bond donors (Lipinski definition) is 0. The highest BCUT2D eigenvalue weighted by Crippen LogP contribution is 2.38. The maximum absolute atomic E-state index is 12.2. The standard InChI is InChI=1S/C18H20N2O7/c1-12-4-2-3-7-19(12)17(21)10-25-18(22)6-5-13-8-15-16(27-11-26-15)9-14(13)20(23)24/h5-6,8-9,12H,2-4,7,10-11H2,1H3/b6-5+/t12-/m0/s1. The van der Waals surface area contributed by atoms with Gasteiger partial charge in [-0.1, -0.05) is 0 Å². The molecule has 0 bridgehead atoms. The van der Waals surface area contributed by atoms with Crippen LogP contribution in [0.3, 0.4) is 0 Å². The number of esters is 1. The van der Waals surface area contributed by atoms with Gasteiger partial charge in [0.05, 0.1) is 16.6 Å². The summed E-state index contributed by atoms with van der Waals surface area (Å²) in [6.45, 7) is 2.27. The maximum atomic E-state index is 12.2. The molecule has 1 saturated heterocycles. The zero-order valence-corrected chi connectivity index (χ0v) is 14.9. The van der Waals surface area contributed by atoms with Crippen molar-refractivity contribution in [3.63, 3.8) is 0 Å². The molecule has 0 N–H and O–H groups in total. The van der Waals surface area contributed by atoms with Crippen molar-refractivity contribution in [1.29, 1.82) is 0 Å². The van der Waals surface area contributed by atoms with Gasteiger partial charge in [-0.05, 0) is 38.3 Å². The number of benzene rings is 1. The molecule has 1 aromatic rings. The number of amides is 1. The summed E-state index contributed by atoms with van der Waals surface area (Å²) in [7, 11) is 0. The summed E-state index contributed by atoms with van der Waals surface area (Å²) in [6.07, 6.45) is 5.28. The molecule has 0 spiro atoms. The van der Waals surface area contributed by atoms with Gasteiger partial charge >= 0.3 is 5.97 Å². The number of ether oxygens (including phenoxy) is 3. The number of carbonyl (C=O) groups is 2. The normalized spacial score (nSPS) is 18.6. The molecule has 9 nitrogen and oxygen atoms in total. The summed E-state index contributed by atoms with van der Waals surface area (Å²) in [6, 6.07) is 2.80. The van der Waals surface area contributed by atoms with Crippen molar-refractivity contribution >= 4 is 23.6 Å². The molecule has 0 saturated carbocycles. The summed E-state index contributed by atoms with van der Waals surface area (Å²) in [5, 5.41) is 11.2. The fourth-order valence-corrected chi connectivity index (χ4v) is 3.13. The monoisotopic (exact) mass is 376 g/mol. The Morgan fingerprint density at radius 2 is 2.07 bits per heavy atom. The number of nitrogens with zero attached hydrogens (tertiary/aromatic N) is 2. The molecule has 1 amide bonds. The van der Waals surface area contributed by atoms with E-state index in [0.29, 0.717) is 12.3 Å². The molecule has 1 atom stereocenters. The first kappa shape index (κ1) is 18.7. The van der Waals surface area contributed by atoms with E-state index in [1.54, 1.807) is 4.90 Å². The Morgan fingerprint density at radius 3 is 2.78 bits per heavy atom. The van der Waals surface area contributed by atoms with Crippen LogP contribution in [0.25, 0.3) is 6.08 Å². The molecule has 2 aliphatic heterocycles. The van der Waals surface area contributed by atoms with Crippen molar-refractivity contribution in [2.45, 2.75) is 32.2 Å². The molecule has 1 fully saturated rings. The average molecular weight is 376 g/mol. The first-order chi connectivity index (χ1) is 13.0. The minimum atomic E-state index is -0.750. The van der Waals surface area contributed by atoms with Crippen LogP contribution in [0.1, 0.15) is 31.7 Å². The van der Waals surface area contributed by atoms with E-state index in [1.807, 2.05) is 6.92 Å². The number of rotatable bonds is 5. The Bertz CT molecular complexity index is 790. The van der Waals surface area contributed by atoms with Crippen LogP contribution in [0.4, 0.5) is 5.69 Å².